The largest absolute Gasteiger partial charge is 0.392 e. The molecule has 0 saturated carbocycles. The third-order valence-electron chi connectivity index (χ3n) is 1.59. The molecule has 78 valence electrons. The van der Waals surface area contributed by atoms with Crippen molar-refractivity contribution in [3.63, 3.8) is 0 Å². The molecule has 13 heavy (non-hydrogen) atoms. The van der Waals surface area contributed by atoms with Gasteiger partial charge in [-0.2, -0.15) is 0 Å². The van der Waals surface area contributed by atoms with Crippen molar-refractivity contribution in [3.8, 4) is 0 Å². The van der Waals surface area contributed by atoms with Crippen molar-refractivity contribution in [2.24, 2.45) is 5.73 Å². The van der Waals surface area contributed by atoms with Gasteiger partial charge in [-0.3, -0.25) is 4.79 Å². The maximum atomic E-state index is 11.0. The zero-order valence-electron chi connectivity index (χ0n) is 8.12. The minimum absolute atomic E-state index is 0.0447. The lowest BCUT2D eigenvalue weighted by molar-refractivity contribution is -0.125. The second kappa shape index (κ2) is 6.82. The van der Waals surface area contributed by atoms with Crippen LogP contribution in [0, 0.1) is 0 Å². The summed E-state index contributed by atoms with van der Waals surface area (Å²) >= 11 is 0. The third-order valence-corrected chi connectivity index (χ3v) is 1.59. The lowest BCUT2D eigenvalue weighted by Crippen LogP contribution is -2.44. The number of aliphatic hydroxyl groups excluding tert-OH is 1. The fraction of sp³-hybridized carbons (Fsp3) is 0.875. The number of nitrogens with two attached hydrogens (primary N) is 1. The highest BCUT2D eigenvalue weighted by molar-refractivity contribution is 5.77. The van der Waals surface area contributed by atoms with Gasteiger partial charge in [0.2, 0.25) is 5.91 Å². The van der Waals surface area contributed by atoms with Crippen LogP contribution in [0.4, 0.5) is 0 Å². The van der Waals surface area contributed by atoms with Gasteiger partial charge in [0.15, 0.2) is 0 Å². The van der Waals surface area contributed by atoms with E-state index in [1.54, 1.807) is 6.92 Å². The van der Waals surface area contributed by atoms with Crippen LogP contribution in [0.1, 0.15) is 13.8 Å². The predicted molar refractivity (Wildman–Crippen MR) is 49.2 cm³/mol. The molecule has 4 N–H and O–H groups in total. The van der Waals surface area contributed by atoms with Crippen molar-refractivity contribution >= 4 is 5.91 Å². The van der Waals surface area contributed by atoms with Gasteiger partial charge in [0, 0.05) is 19.2 Å². The summed E-state index contributed by atoms with van der Waals surface area (Å²) in [4.78, 5) is 11.0. The Labute approximate surface area is 78.3 Å². The van der Waals surface area contributed by atoms with Gasteiger partial charge in [0.05, 0.1) is 6.10 Å². The van der Waals surface area contributed by atoms with Crippen LogP contribution in [0.2, 0.25) is 0 Å². The number of carbonyl (C=O) groups excluding carboxylic acids is 1. The summed E-state index contributed by atoms with van der Waals surface area (Å²) in [5, 5.41) is 11.6. The molecule has 0 aliphatic rings. The number of aliphatic hydroxyl groups is 1. The van der Waals surface area contributed by atoms with E-state index in [1.807, 2.05) is 6.92 Å². The van der Waals surface area contributed by atoms with E-state index in [0.29, 0.717) is 6.61 Å². The summed E-state index contributed by atoms with van der Waals surface area (Å²) < 4.78 is 4.87. The monoisotopic (exact) mass is 190 g/mol. The summed E-state index contributed by atoms with van der Waals surface area (Å²) in [5.74, 6) is -0.210. The molecule has 5 nitrogen and oxygen atoms in total. The van der Waals surface area contributed by atoms with Gasteiger partial charge in [0.1, 0.15) is 6.61 Å². The molecule has 5 heteroatoms. The topological polar surface area (TPSA) is 84.6 Å². The fourth-order valence-electron chi connectivity index (χ4n) is 0.648. The molecule has 0 spiro atoms. The second-order valence-electron chi connectivity index (χ2n) is 2.85. The lowest BCUT2D eigenvalue weighted by Gasteiger charge is -2.14. The van der Waals surface area contributed by atoms with E-state index in [9.17, 15) is 4.79 Å². The molecule has 1 amide bonds. The Morgan fingerprint density at radius 2 is 2.31 bits per heavy atom. The molecule has 0 saturated heterocycles. The maximum absolute atomic E-state index is 11.0. The molecule has 0 bridgehead atoms. The standard InChI is InChI=1S/C8H18N2O3/c1-3-13-5-8(12)10-4-7(9)6(2)11/h6-7,11H,3-5,9H2,1-2H3,(H,10,12). The molecule has 0 aliphatic carbocycles. The van der Waals surface area contributed by atoms with Crippen molar-refractivity contribution in [1.82, 2.24) is 5.32 Å². The highest BCUT2D eigenvalue weighted by Crippen LogP contribution is 1.85. The van der Waals surface area contributed by atoms with Crippen LogP contribution in [0.3, 0.4) is 0 Å². The average Bonchev–Trinajstić information content (AvgIpc) is 2.10. The Morgan fingerprint density at radius 3 is 2.77 bits per heavy atom. The lowest BCUT2D eigenvalue weighted by atomic mass is 10.2. The van der Waals surface area contributed by atoms with Crippen molar-refractivity contribution in [1.29, 1.82) is 0 Å². The summed E-state index contributed by atoms with van der Waals surface area (Å²) in [6.45, 7) is 4.22. The highest BCUT2D eigenvalue weighted by Gasteiger charge is 2.10. The van der Waals surface area contributed by atoms with Gasteiger partial charge in [0.25, 0.3) is 0 Å². The minimum atomic E-state index is -0.618. The molecule has 0 heterocycles. The summed E-state index contributed by atoms with van der Waals surface area (Å²) in [7, 11) is 0. The Balaban J connectivity index is 3.46. The first kappa shape index (κ1) is 12.3. The molecule has 0 aromatic heterocycles. The van der Waals surface area contributed by atoms with Crippen LogP contribution < -0.4 is 11.1 Å². The zero-order valence-corrected chi connectivity index (χ0v) is 8.12. The third kappa shape index (κ3) is 6.51. The van der Waals surface area contributed by atoms with Crippen LogP contribution in [0.15, 0.2) is 0 Å². The average molecular weight is 190 g/mol. The SMILES string of the molecule is CCOCC(=O)NCC(N)C(C)O. The first-order valence-electron chi connectivity index (χ1n) is 4.36. The molecule has 0 aromatic rings. The van der Waals surface area contributed by atoms with E-state index >= 15 is 0 Å². The van der Waals surface area contributed by atoms with E-state index in [0.717, 1.165) is 0 Å². The Morgan fingerprint density at radius 1 is 1.69 bits per heavy atom. The number of carbonyl (C=O) groups is 1. The van der Waals surface area contributed by atoms with Crippen molar-refractivity contribution in [3.05, 3.63) is 0 Å². The van der Waals surface area contributed by atoms with Crippen LogP contribution in [0.25, 0.3) is 0 Å². The summed E-state index contributed by atoms with van der Waals surface area (Å²) in [6, 6.07) is -0.425. The van der Waals surface area contributed by atoms with Crippen LogP contribution in [-0.2, 0) is 9.53 Å². The molecule has 0 aromatic carbocycles. The van der Waals surface area contributed by atoms with Crippen molar-refractivity contribution in [2.75, 3.05) is 19.8 Å². The quantitative estimate of drug-likeness (QED) is 0.493. The number of nitrogens with one attached hydrogen (secondary N) is 1. The molecule has 0 fully saturated rings. The fourth-order valence-corrected chi connectivity index (χ4v) is 0.648. The summed E-state index contributed by atoms with van der Waals surface area (Å²) in [5.41, 5.74) is 5.49. The maximum Gasteiger partial charge on any atom is 0.246 e. The van der Waals surface area contributed by atoms with Crippen molar-refractivity contribution < 1.29 is 14.6 Å². The number of hydrogen-bond acceptors (Lipinski definition) is 4. The molecule has 0 rings (SSSR count). The van der Waals surface area contributed by atoms with E-state index in [1.165, 1.54) is 0 Å². The predicted octanol–water partition coefficient (Wildman–Crippen LogP) is -1.15. The van der Waals surface area contributed by atoms with Gasteiger partial charge in [-0.05, 0) is 13.8 Å². The van der Waals surface area contributed by atoms with Crippen LogP contribution in [-0.4, -0.2) is 42.9 Å². The van der Waals surface area contributed by atoms with E-state index in [2.05, 4.69) is 5.32 Å². The van der Waals surface area contributed by atoms with Gasteiger partial charge < -0.3 is 20.9 Å². The number of ether oxygens (including phenoxy) is 1. The smallest absolute Gasteiger partial charge is 0.246 e. The van der Waals surface area contributed by atoms with E-state index in [-0.39, 0.29) is 19.1 Å². The molecule has 0 radical (unpaired) electrons. The molecule has 0 aliphatic heterocycles. The Hall–Kier alpha value is -0.650. The Bertz CT molecular complexity index is 150. The normalized spacial score (nSPS) is 15.1. The Kier molecular flexibility index (Phi) is 6.48. The first-order chi connectivity index (χ1) is 6.07. The van der Waals surface area contributed by atoms with E-state index in [4.69, 9.17) is 15.6 Å². The van der Waals surface area contributed by atoms with E-state index < -0.39 is 12.1 Å². The van der Waals surface area contributed by atoms with Crippen LogP contribution >= 0.6 is 0 Å². The van der Waals surface area contributed by atoms with Crippen LogP contribution in [0.5, 0.6) is 0 Å². The molecule has 2 unspecified atom stereocenters. The first-order valence-corrected chi connectivity index (χ1v) is 4.36. The van der Waals surface area contributed by atoms with Gasteiger partial charge >= 0.3 is 0 Å². The number of rotatable bonds is 6. The zero-order chi connectivity index (χ0) is 10.3. The minimum Gasteiger partial charge on any atom is -0.392 e. The van der Waals surface area contributed by atoms with Gasteiger partial charge in [-0.25, -0.2) is 0 Å². The van der Waals surface area contributed by atoms with Crippen molar-refractivity contribution in [2.45, 2.75) is 26.0 Å². The number of amides is 1. The molecule has 2 atom stereocenters. The molecular weight excluding hydrogens is 172 g/mol. The molecular formula is C8H18N2O3. The van der Waals surface area contributed by atoms with Gasteiger partial charge in [-0.15, -0.1) is 0 Å². The number of hydrogen-bond donors (Lipinski definition) is 3. The summed E-state index contributed by atoms with van der Waals surface area (Å²) in [6.07, 6.45) is -0.618. The second-order valence-corrected chi connectivity index (χ2v) is 2.85. The highest BCUT2D eigenvalue weighted by atomic mass is 16.5. The van der Waals surface area contributed by atoms with Gasteiger partial charge in [-0.1, -0.05) is 0 Å².